The van der Waals surface area contributed by atoms with Crippen LogP contribution in [0.3, 0.4) is 0 Å². The van der Waals surface area contributed by atoms with Gasteiger partial charge in [-0.15, -0.1) is 0 Å². The largest absolute Gasteiger partial charge is 0.478 e. The van der Waals surface area contributed by atoms with Crippen molar-refractivity contribution in [2.45, 2.75) is 13.8 Å². The second kappa shape index (κ2) is 6.72. The number of hydrogen-bond acceptors (Lipinski definition) is 2. The van der Waals surface area contributed by atoms with Gasteiger partial charge in [-0.2, -0.15) is 0 Å². The Bertz CT molecular complexity index is 730. The summed E-state index contributed by atoms with van der Waals surface area (Å²) in [6.07, 6.45) is 3.20. The maximum Gasteiger partial charge on any atom is 0.335 e. The fraction of sp³-hybridized carbons (Fsp3) is 0.111. The minimum absolute atomic E-state index is 0.184. The number of carboxylic acids is 1. The number of carbonyl (C=O) groups is 2. The van der Waals surface area contributed by atoms with E-state index in [2.05, 4.69) is 5.32 Å². The molecule has 0 heterocycles. The fourth-order valence-corrected chi connectivity index (χ4v) is 1.92. The SMILES string of the molecule is Cc1ccc(/C=C/C(=O)Nc2ccc(C(=O)O)cc2)cc1C. The molecule has 2 N–H and O–H groups in total. The van der Waals surface area contributed by atoms with E-state index in [-0.39, 0.29) is 11.5 Å². The van der Waals surface area contributed by atoms with E-state index < -0.39 is 5.97 Å². The molecule has 0 saturated carbocycles. The van der Waals surface area contributed by atoms with Crippen LogP contribution in [0, 0.1) is 13.8 Å². The monoisotopic (exact) mass is 295 g/mol. The van der Waals surface area contributed by atoms with Crippen molar-refractivity contribution in [3.63, 3.8) is 0 Å². The van der Waals surface area contributed by atoms with Gasteiger partial charge in [-0.3, -0.25) is 4.79 Å². The van der Waals surface area contributed by atoms with Crippen LogP contribution in [0.5, 0.6) is 0 Å². The third-order valence-electron chi connectivity index (χ3n) is 3.36. The minimum Gasteiger partial charge on any atom is -0.478 e. The summed E-state index contributed by atoms with van der Waals surface area (Å²) in [6, 6.07) is 12.0. The second-order valence-electron chi connectivity index (χ2n) is 5.05. The molecule has 2 aromatic rings. The number of amides is 1. The summed E-state index contributed by atoms with van der Waals surface area (Å²) in [6.45, 7) is 4.06. The molecule has 0 atom stereocenters. The maximum atomic E-state index is 11.8. The zero-order valence-electron chi connectivity index (χ0n) is 12.5. The third-order valence-corrected chi connectivity index (χ3v) is 3.36. The number of rotatable bonds is 4. The van der Waals surface area contributed by atoms with E-state index in [1.807, 2.05) is 32.0 Å². The summed E-state index contributed by atoms with van der Waals surface area (Å²) in [5.41, 5.74) is 4.08. The van der Waals surface area contributed by atoms with E-state index in [0.717, 1.165) is 5.56 Å². The maximum absolute atomic E-state index is 11.8. The predicted octanol–water partition coefficient (Wildman–Crippen LogP) is 3.65. The lowest BCUT2D eigenvalue weighted by molar-refractivity contribution is -0.111. The van der Waals surface area contributed by atoms with Crippen LogP contribution in [0.4, 0.5) is 5.69 Å². The Hall–Kier alpha value is -2.88. The first kappa shape index (κ1) is 15.5. The summed E-state index contributed by atoms with van der Waals surface area (Å²) in [5.74, 6) is -1.26. The van der Waals surface area contributed by atoms with Crippen molar-refractivity contribution in [1.29, 1.82) is 0 Å². The Labute approximate surface area is 129 Å². The van der Waals surface area contributed by atoms with E-state index in [0.29, 0.717) is 5.69 Å². The molecule has 0 unspecified atom stereocenters. The molecule has 0 aliphatic carbocycles. The topological polar surface area (TPSA) is 66.4 Å². The van der Waals surface area contributed by atoms with Gasteiger partial charge < -0.3 is 10.4 Å². The Morgan fingerprint density at radius 2 is 1.68 bits per heavy atom. The summed E-state index contributed by atoms with van der Waals surface area (Å²) in [5, 5.41) is 11.5. The van der Waals surface area contributed by atoms with E-state index >= 15 is 0 Å². The molecule has 0 radical (unpaired) electrons. The number of aromatic carboxylic acids is 1. The number of aryl methyl sites for hydroxylation is 2. The molecule has 0 fully saturated rings. The van der Waals surface area contributed by atoms with Gasteiger partial charge in [0.25, 0.3) is 0 Å². The molecule has 2 aromatic carbocycles. The van der Waals surface area contributed by atoms with Crippen LogP contribution in [0.25, 0.3) is 6.08 Å². The highest BCUT2D eigenvalue weighted by Gasteiger charge is 2.03. The first-order valence-electron chi connectivity index (χ1n) is 6.85. The highest BCUT2D eigenvalue weighted by Crippen LogP contribution is 2.12. The molecular weight excluding hydrogens is 278 g/mol. The standard InChI is InChI=1S/C18H17NO3/c1-12-3-4-14(11-13(12)2)5-10-17(20)19-16-8-6-15(7-9-16)18(21)22/h3-11H,1-2H3,(H,19,20)(H,21,22)/b10-5+. The summed E-state index contributed by atoms with van der Waals surface area (Å²) >= 11 is 0. The Morgan fingerprint density at radius 3 is 2.27 bits per heavy atom. The molecule has 0 aromatic heterocycles. The highest BCUT2D eigenvalue weighted by molar-refractivity contribution is 6.02. The van der Waals surface area contributed by atoms with Gasteiger partial charge in [-0.1, -0.05) is 18.2 Å². The summed E-state index contributed by atoms with van der Waals surface area (Å²) in [7, 11) is 0. The van der Waals surface area contributed by atoms with Gasteiger partial charge in [-0.05, 0) is 60.9 Å². The van der Waals surface area contributed by atoms with Crippen LogP contribution >= 0.6 is 0 Å². The number of carbonyl (C=O) groups excluding carboxylic acids is 1. The molecule has 0 aliphatic rings. The van der Waals surface area contributed by atoms with Crippen LogP contribution in [0.15, 0.2) is 48.5 Å². The number of anilines is 1. The van der Waals surface area contributed by atoms with E-state index in [9.17, 15) is 9.59 Å². The van der Waals surface area contributed by atoms with Crippen LogP contribution in [-0.4, -0.2) is 17.0 Å². The Balaban J connectivity index is 2.01. The molecule has 2 rings (SSSR count). The van der Waals surface area contributed by atoms with Crippen molar-refractivity contribution in [2.75, 3.05) is 5.32 Å². The summed E-state index contributed by atoms with van der Waals surface area (Å²) in [4.78, 5) is 22.6. The summed E-state index contributed by atoms with van der Waals surface area (Å²) < 4.78 is 0. The molecule has 1 amide bonds. The lowest BCUT2D eigenvalue weighted by atomic mass is 10.1. The van der Waals surface area contributed by atoms with Gasteiger partial charge in [0.05, 0.1) is 5.56 Å². The number of nitrogens with one attached hydrogen (secondary N) is 1. The zero-order valence-corrected chi connectivity index (χ0v) is 12.5. The van der Waals surface area contributed by atoms with Crippen molar-refractivity contribution >= 4 is 23.6 Å². The van der Waals surface area contributed by atoms with Gasteiger partial charge >= 0.3 is 5.97 Å². The Kier molecular flexibility index (Phi) is 4.73. The van der Waals surface area contributed by atoms with Crippen LogP contribution < -0.4 is 5.32 Å². The van der Waals surface area contributed by atoms with Crippen molar-refractivity contribution in [2.24, 2.45) is 0 Å². The van der Waals surface area contributed by atoms with Crippen molar-refractivity contribution in [3.8, 4) is 0 Å². The molecule has 0 spiro atoms. The number of benzene rings is 2. The normalized spacial score (nSPS) is 10.6. The van der Waals surface area contributed by atoms with Gasteiger partial charge in [0, 0.05) is 11.8 Å². The van der Waals surface area contributed by atoms with E-state index in [1.54, 1.807) is 18.2 Å². The van der Waals surface area contributed by atoms with Crippen molar-refractivity contribution in [3.05, 3.63) is 70.8 Å². The number of hydrogen-bond donors (Lipinski definition) is 2. The average molecular weight is 295 g/mol. The number of carboxylic acid groups (broad SMARTS) is 1. The van der Waals surface area contributed by atoms with Gasteiger partial charge in [0.1, 0.15) is 0 Å². The van der Waals surface area contributed by atoms with Crippen LogP contribution in [-0.2, 0) is 4.79 Å². The second-order valence-corrected chi connectivity index (χ2v) is 5.05. The first-order chi connectivity index (χ1) is 10.5. The fourth-order valence-electron chi connectivity index (χ4n) is 1.92. The first-order valence-corrected chi connectivity index (χ1v) is 6.85. The molecule has 4 heteroatoms. The van der Waals surface area contributed by atoms with Crippen LogP contribution in [0.1, 0.15) is 27.0 Å². The highest BCUT2D eigenvalue weighted by atomic mass is 16.4. The lowest BCUT2D eigenvalue weighted by Crippen LogP contribution is -2.08. The third kappa shape index (κ3) is 4.06. The predicted molar refractivity (Wildman–Crippen MR) is 87.0 cm³/mol. The smallest absolute Gasteiger partial charge is 0.335 e. The van der Waals surface area contributed by atoms with Crippen LogP contribution in [0.2, 0.25) is 0 Å². The average Bonchev–Trinajstić information content (AvgIpc) is 2.49. The molecule has 112 valence electrons. The molecule has 0 bridgehead atoms. The lowest BCUT2D eigenvalue weighted by Gasteiger charge is -2.03. The van der Waals surface area contributed by atoms with E-state index in [1.165, 1.54) is 29.3 Å². The quantitative estimate of drug-likeness (QED) is 0.846. The van der Waals surface area contributed by atoms with E-state index in [4.69, 9.17) is 5.11 Å². The van der Waals surface area contributed by atoms with Gasteiger partial charge in [-0.25, -0.2) is 4.79 Å². The molecule has 0 saturated heterocycles. The molecule has 22 heavy (non-hydrogen) atoms. The van der Waals surface area contributed by atoms with Crippen molar-refractivity contribution in [1.82, 2.24) is 0 Å². The van der Waals surface area contributed by atoms with Gasteiger partial charge in [0.15, 0.2) is 0 Å². The molecule has 4 nitrogen and oxygen atoms in total. The molecular formula is C18H17NO3. The van der Waals surface area contributed by atoms with Gasteiger partial charge in [0.2, 0.25) is 5.91 Å². The Morgan fingerprint density at radius 1 is 1.00 bits per heavy atom. The minimum atomic E-state index is -0.993. The molecule has 0 aliphatic heterocycles. The van der Waals surface area contributed by atoms with Crippen molar-refractivity contribution < 1.29 is 14.7 Å². The zero-order chi connectivity index (χ0) is 16.1.